The van der Waals surface area contributed by atoms with Crippen LogP contribution in [-0.2, 0) is 23.3 Å². The van der Waals surface area contributed by atoms with Gasteiger partial charge in [-0.1, -0.05) is 27.7 Å². The summed E-state index contributed by atoms with van der Waals surface area (Å²) in [5, 5.41) is 0.595. The van der Waals surface area contributed by atoms with Crippen molar-refractivity contribution in [1.29, 1.82) is 0 Å². The van der Waals surface area contributed by atoms with Crippen LogP contribution in [0.4, 0.5) is 0 Å². The third kappa shape index (κ3) is 3.90. The van der Waals surface area contributed by atoms with Crippen molar-refractivity contribution in [3.05, 3.63) is 103 Å². The Labute approximate surface area is 285 Å². The molecule has 10 heteroatoms. The van der Waals surface area contributed by atoms with Crippen LogP contribution in [0.5, 0.6) is 23.0 Å². The van der Waals surface area contributed by atoms with E-state index in [1.807, 2.05) is 0 Å². The molecule has 252 valence electrons. The highest BCUT2D eigenvalue weighted by Crippen LogP contribution is 2.65. The number of carbonyl (C=O) groups excluding carboxylic acids is 2. The van der Waals surface area contributed by atoms with Gasteiger partial charge in [-0.3, -0.25) is 23.7 Å². The molecule has 0 saturated carbocycles. The summed E-state index contributed by atoms with van der Waals surface area (Å²) in [7, 11) is 4.73. The van der Waals surface area contributed by atoms with Gasteiger partial charge < -0.3 is 23.2 Å². The first-order valence-electron chi connectivity index (χ1n) is 16.6. The molecule has 50 heavy (non-hydrogen) atoms. The summed E-state index contributed by atoms with van der Waals surface area (Å²) in [5.74, 6) is 1.51. The molecule has 6 aromatic rings. The SMILES string of the molecule is CN(C)C(=O)c1cc2c(cc1C=O)Oc1cc3c(cc1O2)C1(CC3(C)C)CC(C)(C)c2cc3oc4cc5c(=O)n(C)c(=O)c5cc4oc3cc21. The first-order chi connectivity index (χ1) is 23.6. The molecule has 0 bridgehead atoms. The number of aldehydes is 1. The lowest BCUT2D eigenvalue weighted by atomic mass is 9.72. The van der Waals surface area contributed by atoms with E-state index in [2.05, 4.69) is 52.0 Å². The van der Waals surface area contributed by atoms with Crippen LogP contribution in [0.15, 0.2) is 67.0 Å². The molecule has 9 rings (SSSR count). The number of benzene rings is 4. The fourth-order valence-corrected chi connectivity index (χ4v) is 8.90. The molecule has 1 aliphatic heterocycles. The van der Waals surface area contributed by atoms with Crippen molar-refractivity contribution < 1.29 is 27.9 Å². The van der Waals surface area contributed by atoms with Gasteiger partial charge in [-0.05, 0) is 94.5 Å². The number of hydrogen-bond acceptors (Lipinski definition) is 8. The summed E-state index contributed by atoms with van der Waals surface area (Å²) in [6.45, 7) is 8.96. The van der Waals surface area contributed by atoms with Crippen molar-refractivity contribution in [3.63, 3.8) is 0 Å². The molecule has 3 heterocycles. The summed E-state index contributed by atoms with van der Waals surface area (Å²) < 4.78 is 26.7. The van der Waals surface area contributed by atoms with Crippen LogP contribution in [0.3, 0.4) is 0 Å². The van der Waals surface area contributed by atoms with Gasteiger partial charge >= 0.3 is 0 Å². The molecular weight excluding hydrogens is 636 g/mol. The third-order valence-electron chi connectivity index (χ3n) is 11.1. The Morgan fingerprint density at radius 1 is 0.680 bits per heavy atom. The molecule has 1 atom stereocenters. The lowest BCUT2D eigenvalue weighted by molar-refractivity contribution is 0.0823. The van der Waals surface area contributed by atoms with Crippen LogP contribution < -0.4 is 20.6 Å². The second-order valence-electron chi connectivity index (χ2n) is 15.5. The van der Waals surface area contributed by atoms with E-state index in [4.69, 9.17) is 18.3 Å². The van der Waals surface area contributed by atoms with Crippen molar-refractivity contribution in [2.45, 2.75) is 56.8 Å². The quantitative estimate of drug-likeness (QED) is 0.137. The molecule has 4 aromatic carbocycles. The molecule has 0 fully saturated rings. The van der Waals surface area contributed by atoms with Crippen molar-refractivity contribution in [3.8, 4) is 23.0 Å². The molecule has 0 saturated heterocycles. The minimum Gasteiger partial charge on any atom is -0.449 e. The highest BCUT2D eigenvalue weighted by atomic mass is 16.6. The monoisotopic (exact) mass is 670 g/mol. The Balaban J connectivity index is 1.22. The lowest BCUT2D eigenvalue weighted by Crippen LogP contribution is -2.27. The molecule has 1 spiro atoms. The second kappa shape index (κ2) is 9.53. The zero-order valence-corrected chi connectivity index (χ0v) is 28.8. The van der Waals surface area contributed by atoms with Crippen LogP contribution >= 0.6 is 0 Å². The average Bonchev–Trinajstić information content (AvgIpc) is 3.52. The predicted molar refractivity (Wildman–Crippen MR) is 188 cm³/mol. The van der Waals surface area contributed by atoms with Crippen molar-refractivity contribution in [2.75, 3.05) is 14.1 Å². The molecular formula is C40H34N2O8. The number of hydrogen-bond donors (Lipinski definition) is 0. The van der Waals surface area contributed by atoms with E-state index in [-0.39, 0.29) is 39.0 Å². The van der Waals surface area contributed by atoms with Crippen LogP contribution in [-0.4, -0.2) is 35.8 Å². The number of aromatic nitrogens is 1. The number of ether oxygens (including phenoxy) is 2. The van der Waals surface area contributed by atoms with E-state index >= 15 is 0 Å². The standard InChI is InChI=1S/C40H34N2O8/c1-38(2)17-40(25-14-33-31(12-23(25)38)47-27-8-19(16-43)20(9-28(27)48-33)35(44)41(5)6)18-39(3,4)24-13-32-34(15-26(24)40)50-30-11-22-21(10-29(30)49-32)36(45)42(7)37(22)46/h8-16H,17-18H2,1-7H3. The Morgan fingerprint density at radius 2 is 1.12 bits per heavy atom. The van der Waals surface area contributed by atoms with Gasteiger partial charge in [-0.25, -0.2) is 0 Å². The Bertz CT molecular complexity index is 2690. The number of fused-ring (bicyclic) bond motifs is 9. The minimum atomic E-state index is -0.397. The molecule has 1 amide bonds. The summed E-state index contributed by atoms with van der Waals surface area (Å²) >= 11 is 0. The summed E-state index contributed by atoms with van der Waals surface area (Å²) in [6, 6.07) is 14.6. The van der Waals surface area contributed by atoms with Gasteiger partial charge in [0, 0.05) is 32.1 Å². The number of rotatable bonds is 2. The third-order valence-corrected chi connectivity index (χ3v) is 11.1. The van der Waals surface area contributed by atoms with Gasteiger partial charge in [-0.15, -0.1) is 0 Å². The number of nitrogens with zero attached hydrogens (tertiary/aromatic N) is 2. The van der Waals surface area contributed by atoms with Gasteiger partial charge in [0.15, 0.2) is 51.6 Å². The predicted octanol–water partition coefficient (Wildman–Crippen LogP) is 7.45. The molecule has 3 aliphatic rings. The maximum Gasteiger partial charge on any atom is 0.261 e. The summed E-state index contributed by atoms with van der Waals surface area (Å²) in [4.78, 5) is 51.7. The van der Waals surface area contributed by atoms with Crippen LogP contribution in [0, 0.1) is 0 Å². The molecule has 2 aliphatic carbocycles. The van der Waals surface area contributed by atoms with Gasteiger partial charge in [0.2, 0.25) is 0 Å². The Morgan fingerprint density at radius 3 is 1.66 bits per heavy atom. The van der Waals surface area contributed by atoms with E-state index in [1.165, 1.54) is 11.9 Å². The fourth-order valence-electron chi connectivity index (χ4n) is 8.90. The van der Waals surface area contributed by atoms with E-state index in [9.17, 15) is 19.2 Å². The smallest absolute Gasteiger partial charge is 0.261 e. The van der Waals surface area contributed by atoms with E-state index in [0.29, 0.717) is 62.4 Å². The highest BCUT2D eigenvalue weighted by molar-refractivity contribution is 6.02. The topological polar surface area (TPSA) is 121 Å². The van der Waals surface area contributed by atoms with Gasteiger partial charge in [-0.2, -0.15) is 0 Å². The van der Waals surface area contributed by atoms with Gasteiger partial charge in [0.25, 0.3) is 17.0 Å². The van der Waals surface area contributed by atoms with Crippen LogP contribution in [0.2, 0.25) is 0 Å². The van der Waals surface area contributed by atoms with Gasteiger partial charge in [0.1, 0.15) is 0 Å². The zero-order chi connectivity index (χ0) is 35.2. The first-order valence-corrected chi connectivity index (χ1v) is 16.6. The van der Waals surface area contributed by atoms with Crippen LogP contribution in [0.1, 0.15) is 83.5 Å². The molecule has 10 nitrogen and oxygen atoms in total. The van der Waals surface area contributed by atoms with Crippen molar-refractivity contribution in [2.24, 2.45) is 7.05 Å². The van der Waals surface area contributed by atoms with Crippen molar-refractivity contribution in [1.82, 2.24) is 9.47 Å². The lowest BCUT2D eigenvalue weighted by Gasteiger charge is -2.31. The average molecular weight is 671 g/mol. The molecule has 0 N–H and O–H groups in total. The first kappa shape index (κ1) is 30.4. The minimum absolute atomic E-state index is 0.230. The maximum atomic E-state index is 12.9. The molecule has 0 radical (unpaired) electrons. The summed E-state index contributed by atoms with van der Waals surface area (Å²) in [5.41, 5.74) is 5.30. The van der Waals surface area contributed by atoms with Gasteiger partial charge in [0.05, 0.1) is 16.3 Å². The maximum absolute atomic E-state index is 12.9. The number of amides is 1. The highest BCUT2D eigenvalue weighted by Gasteiger charge is 2.57. The normalized spacial score (nSPS) is 19.2. The second-order valence-corrected chi connectivity index (χ2v) is 15.5. The summed E-state index contributed by atoms with van der Waals surface area (Å²) in [6.07, 6.45) is 2.30. The van der Waals surface area contributed by atoms with Crippen molar-refractivity contribution >= 4 is 45.3 Å². The van der Waals surface area contributed by atoms with E-state index < -0.39 is 5.41 Å². The largest absolute Gasteiger partial charge is 0.449 e. The molecule has 2 aromatic heterocycles. The van der Waals surface area contributed by atoms with E-state index in [1.54, 1.807) is 38.4 Å². The van der Waals surface area contributed by atoms with E-state index in [0.717, 1.165) is 39.7 Å². The Kier molecular flexibility index (Phi) is 5.80. The number of carbonyl (C=O) groups is 2. The molecule has 1 unspecified atom stereocenters. The Hall–Kier alpha value is -5.64. The zero-order valence-electron chi connectivity index (χ0n) is 28.8. The van der Waals surface area contributed by atoms with Crippen LogP contribution in [0.25, 0.3) is 33.1 Å². The fraction of sp³-hybridized carbons (Fsp3) is 0.300.